The lowest BCUT2D eigenvalue weighted by Gasteiger charge is -2.35. The van der Waals surface area contributed by atoms with Gasteiger partial charge in [-0.25, -0.2) is 8.42 Å². The fourth-order valence-corrected chi connectivity index (χ4v) is 6.24. The first-order chi connectivity index (χ1) is 12.4. The van der Waals surface area contributed by atoms with Gasteiger partial charge in [0.1, 0.15) is 0 Å². The normalized spacial score (nSPS) is 28.7. The first-order valence-corrected chi connectivity index (χ1v) is 12.3. The number of likely N-dealkylation sites (tertiary alicyclic amines) is 1. The van der Waals surface area contributed by atoms with Crippen LogP contribution in [-0.4, -0.2) is 68.5 Å². The van der Waals surface area contributed by atoms with Crippen molar-refractivity contribution in [1.29, 1.82) is 0 Å². The zero-order chi connectivity index (χ0) is 18.6. The summed E-state index contributed by atoms with van der Waals surface area (Å²) < 4.78 is 23.4. The molecule has 1 aliphatic carbocycles. The van der Waals surface area contributed by atoms with E-state index in [1.54, 1.807) is 0 Å². The van der Waals surface area contributed by atoms with Gasteiger partial charge in [-0.15, -0.1) is 0 Å². The Morgan fingerprint density at radius 3 is 2.19 bits per heavy atom. The second kappa shape index (κ2) is 8.91. The topological polar surface area (TPSA) is 73.8 Å². The Bertz CT molecular complexity index is 576. The molecular formula is C19H36N4O2S. The van der Waals surface area contributed by atoms with E-state index in [1.807, 2.05) is 0 Å². The molecule has 0 spiro atoms. The largest absolute Gasteiger partial charge is 0.354 e. The number of piperidine rings is 1. The van der Waals surface area contributed by atoms with Crippen LogP contribution in [0.4, 0.5) is 0 Å². The summed E-state index contributed by atoms with van der Waals surface area (Å²) in [4.78, 5) is 7.33. The molecule has 2 saturated heterocycles. The SMILES string of the molecule is CC(C)N1CCC(NC(=NCC2CCS(=O)(=O)C2)NC2CCCC2)CC1. The van der Waals surface area contributed by atoms with Gasteiger partial charge in [-0.3, -0.25) is 4.99 Å². The van der Waals surface area contributed by atoms with E-state index in [1.165, 1.54) is 25.7 Å². The van der Waals surface area contributed by atoms with E-state index in [-0.39, 0.29) is 5.92 Å². The third-order valence-corrected chi connectivity index (χ3v) is 7.97. The number of hydrogen-bond acceptors (Lipinski definition) is 4. The summed E-state index contributed by atoms with van der Waals surface area (Å²) in [5, 5.41) is 7.27. The molecule has 1 unspecified atom stereocenters. The van der Waals surface area contributed by atoms with Crippen LogP contribution in [-0.2, 0) is 9.84 Å². The van der Waals surface area contributed by atoms with Gasteiger partial charge in [-0.05, 0) is 51.9 Å². The van der Waals surface area contributed by atoms with Crippen LogP contribution in [0.3, 0.4) is 0 Å². The summed E-state index contributed by atoms with van der Waals surface area (Å²) in [6.07, 6.45) is 8.05. The van der Waals surface area contributed by atoms with Gasteiger partial charge < -0.3 is 15.5 Å². The number of aliphatic imine (C=N–C) groups is 1. The summed E-state index contributed by atoms with van der Waals surface area (Å²) in [6, 6.07) is 1.60. The molecule has 0 aromatic heterocycles. The minimum absolute atomic E-state index is 0.185. The first kappa shape index (κ1) is 19.9. The molecule has 0 aromatic rings. The lowest BCUT2D eigenvalue weighted by atomic mass is 10.0. The molecule has 0 radical (unpaired) electrons. The molecule has 2 heterocycles. The van der Waals surface area contributed by atoms with Crippen molar-refractivity contribution >= 4 is 15.8 Å². The summed E-state index contributed by atoms with van der Waals surface area (Å²) in [5.74, 6) is 1.73. The molecule has 26 heavy (non-hydrogen) atoms. The molecule has 0 bridgehead atoms. The molecule has 3 fully saturated rings. The number of rotatable bonds is 5. The van der Waals surface area contributed by atoms with Gasteiger partial charge in [0.05, 0.1) is 11.5 Å². The standard InChI is InChI=1S/C19H36N4O2S/c1-15(2)23-10-7-18(8-11-23)22-19(21-17-5-3-4-6-17)20-13-16-9-12-26(24,25)14-16/h15-18H,3-14H2,1-2H3,(H2,20,21,22). The lowest BCUT2D eigenvalue weighted by Crippen LogP contribution is -2.51. The Kier molecular flexibility index (Phi) is 6.83. The first-order valence-electron chi connectivity index (χ1n) is 10.4. The van der Waals surface area contributed by atoms with Crippen molar-refractivity contribution in [3.05, 3.63) is 0 Å². The molecule has 2 aliphatic heterocycles. The Labute approximate surface area is 159 Å². The minimum Gasteiger partial charge on any atom is -0.354 e. The fourth-order valence-electron chi connectivity index (χ4n) is 4.39. The molecule has 1 atom stereocenters. The Balaban J connectivity index is 1.55. The highest BCUT2D eigenvalue weighted by Gasteiger charge is 2.28. The second-order valence-corrected chi connectivity index (χ2v) is 10.9. The number of nitrogens with one attached hydrogen (secondary N) is 2. The number of nitrogens with zero attached hydrogens (tertiary/aromatic N) is 2. The molecule has 0 aromatic carbocycles. The molecule has 6 nitrogen and oxygen atoms in total. The predicted octanol–water partition coefficient (Wildman–Crippen LogP) is 1.77. The Morgan fingerprint density at radius 2 is 1.65 bits per heavy atom. The van der Waals surface area contributed by atoms with E-state index in [9.17, 15) is 8.42 Å². The Morgan fingerprint density at radius 1 is 1.04 bits per heavy atom. The van der Waals surface area contributed by atoms with Crippen molar-refractivity contribution in [2.75, 3.05) is 31.1 Å². The molecular weight excluding hydrogens is 348 g/mol. The maximum atomic E-state index is 11.7. The van der Waals surface area contributed by atoms with Gasteiger partial charge in [0.2, 0.25) is 0 Å². The van der Waals surface area contributed by atoms with E-state index in [0.29, 0.717) is 36.2 Å². The van der Waals surface area contributed by atoms with Gasteiger partial charge in [0.25, 0.3) is 0 Å². The molecule has 0 amide bonds. The van der Waals surface area contributed by atoms with Gasteiger partial charge in [-0.1, -0.05) is 12.8 Å². The maximum absolute atomic E-state index is 11.7. The second-order valence-electron chi connectivity index (χ2n) is 8.63. The quantitative estimate of drug-likeness (QED) is 0.558. The van der Waals surface area contributed by atoms with Crippen LogP contribution >= 0.6 is 0 Å². The zero-order valence-corrected chi connectivity index (χ0v) is 17.2. The fraction of sp³-hybridized carbons (Fsp3) is 0.947. The molecule has 1 saturated carbocycles. The molecule has 2 N–H and O–H groups in total. The third-order valence-electron chi connectivity index (χ3n) is 6.13. The van der Waals surface area contributed by atoms with E-state index >= 15 is 0 Å². The van der Waals surface area contributed by atoms with Crippen molar-refractivity contribution in [2.45, 2.75) is 76.9 Å². The van der Waals surface area contributed by atoms with Crippen LogP contribution in [0, 0.1) is 5.92 Å². The van der Waals surface area contributed by atoms with Gasteiger partial charge in [-0.2, -0.15) is 0 Å². The van der Waals surface area contributed by atoms with E-state index in [4.69, 9.17) is 4.99 Å². The average Bonchev–Trinajstić information content (AvgIpc) is 3.22. The van der Waals surface area contributed by atoms with Crippen LogP contribution in [0.1, 0.15) is 58.8 Å². The highest BCUT2D eigenvalue weighted by Crippen LogP contribution is 2.20. The van der Waals surface area contributed by atoms with Crippen LogP contribution in [0.5, 0.6) is 0 Å². The summed E-state index contributed by atoms with van der Waals surface area (Å²) >= 11 is 0. The summed E-state index contributed by atoms with van der Waals surface area (Å²) in [6.45, 7) is 7.40. The predicted molar refractivity (Wildman–Crippen MR) is 107 cm³/mol. The number of sulfone groups is 1. The summed E-state index contributed by atoms with van der Waals surface area (Å²) in [7, 11) is -2.82. The van der Waals surface area contributed by atoms with Crippen molar-refractivity contribution in [2.24, 2.45) is 10.9 Å². The van der Waals surface area contributed by atoms with Crippen LogP contribution < -0.4 is 10.6 Å². The highest BCUT2D eigenvalue weighted by atomic mass is 32.2. The summed E-state index contributed by atoms with van der Waals surface area (Å²) in [5.41, 5.74) is 0. The van der Waals surface area contributed by atoms with Crippen molar-refractivity contribution in [3.63, 3.8) is 0 Å². The van der Waals surface area contributed by atoms with E-state index in [2.05, 4.69) is 29.4 Å². The molecule has 150 valence electrons. The third kappa shape index (κ3) is 5.84. The molecule has 7 heteroatoms. The zero-order valence-electron chi connectivity index (χ0n) is 16.4. The van der Waals surface area contributed by atoms with Gasteiger partial charge in [0, 0.05) is 37.8 Å². The van der Waals surface area contributed by atoms with Crippen molar-refractivity contribution in [3.8, 4) is 0 Å². The highest BCUT2D eigenvalue weighted by molar-refractivity contribution is 7.91. The van der Waals surface area contributed by atoms with Gasteiger partial charge >= 0.3 is 0 Å². The maximum Gasteiger partial charge on any atom is 0.191 e. The molecule has 3 rings (SSSR count). The van der Waals surface area contributed by atoms with Crippen LogP contribution in [0.2, 0.25) is 0 Å². The van der Waals surface area contributed by atoms with Crippen molar-refractivity contribution in [1.82, 2.24) is 15.5 Å². The van der Waals surface area contributed by atoms with Crippen LogP contribution in [0.15, 0.2) is 4.99 Å². The molecule has 3 aliphatic rings. The Hall–Kier alpha value is -0.820. The van der Waals surface area contributed by atoms with Gasteiger partial charge in [0.15, 0.2) is 15.8 Å². The number of guanidine groups is 1. The van der Waals surface area contributed by atoms with Crippen molar-refractivity contribution < 1.29 is 8.42 Å². The smallest absolute Gasteiger partial charge is 0.191 e. The van der Waals surface area contributed by atoms with E-state index < -0.39 is 9.84 Å². The monoisotopic (exact) mass is 384 g/mol. The van der Waals surface area contributed by atoms with E-state index in [0.717, 1.165) is 38.3 Å². The average molecular weight is 385 g/mol. The number of hydrogen-bond donors (Lipinski definition) is 2. The lowest BCUT2D eigenvalue weighted by molar-refractivity contribution is 0.167. The minimum atomic E-state index is -2.82. The van der Waals surface area contributed by atoms with Crippen LogP contribution in [0.25, 0.3) is 0 Å².